The number of esters is 1. The van der Waals surface area contributed by atoms with Crippen molar-refractivity contribution in [1.29, 1.82) is 0 Å². The standard InChI is InChI=1S/C24H27NO5/c1-5-20(26)25-24(22(28)16-9-7-8-10-17(16)23(24)29)18-12-11-15(14(3)4)13-19(18)30-21(27)6-2/h7,9,11-14H,5-6,8,10H2,1-4H3,(H,25,26). The van der Waals surface area contributed by atoms with E-state index in [1.807, 2.05) is 19.9 Å². The Morgan fingerprint density at radius 1 is 1.13 bits per heavy atom. The predicted molar refractivity (Wildman–Crippen MR) is 112 cm³/mol. The van der Waals surface area contributed by atoms with Gasteiger partial charge in [0.1, 0.15) is 5.75 Å². The van der Waals surface area contributed by atoms with E-state index < -0.39 is 29.0 Å². The van der Waals surface area contributed by atoms with Crippen LogP contribution in [0.5, 0.6) is 5.75 Å². The van der Waals surface area contributed by atoms with Crippen LogP contribution in [0, 0.1) is 0 Å². The Morgan fingerprint density at radius 2 is 1.87 bits per heavy atom. The second-order valence-electron chi connectivity index (χ2n) is 7.88. The van der Waals surface area contributed by atoms with E-state index >= 15 is 0 Å². The molecule has 0 heterocycles. The van der Waals surface area contributed by atoms with Crippen molar-refractivity contribution in [2.24, 2.45) is 0 Å². The maximum atomic E-state index is 13.6. The fourth-order valence-corrected chi connectivity index (χ4v) is 3.85. The van der Waals surface area contributed by atoms with E-state index in [4.69, 9.17) is 4.74 Å². The summed E-state index contributed by atoms with van der Waals surface area (Å²) in [5, 5.41) is 2.69. The van der Waals surface area contributed by atoms with Crippen LogP contribution in [0.15, 0.2) is 41.5 Å². The summed E-state index contributed by atoms with van der Waals surface area (Å²) in [6.07, 6.45) is 4.84. The summed E-state index contributed by atoms with van der Waals surface area (Å²) in [6, 6.07) is 5.11. The van der Waals surface area contributed by atoms with Crippen molar-refractivity contribution in [2.45, 2.75) is 64.8 Å². The van der Waals surface area contributed by atoms with E-state index in [2.05, 4.69) is 5.32 Å². The minimum atomic E-state index is -1.91. The smallest absolute Gasteiger partial charge is 0.310 e. The normalized spacial score (nSPS) is 20.6. The zero-order chi connectivity index (χ0) is 22.1. The molecule has 158 valence electrons. The Kier molecular flexibility index (Phi) is 6.06. The maximum Gasteiger partial charge on any atom is 0.310 e. The third-order valence-corrected chi connectivity index (χ3v) is 5.61. The van der Waals surface area contributed by atoms with Crippen molar-refractivity contribution in [1.82, 2.24) is 5.32 Å². The molecule has 2 aliphatic rings. The number of benzene rings is 1. The third-order valence-electron chi connectivity index (χ3n) is 5.61. The molecular formula is C24H27NO5. The van der Waals surface area contributed by atoms with Gasteiger partial charge in [-0.05, 0) is 30.4 Å². The summed E-state index contributed by atoms with van der Waals surface area (Å²) in [5.41, 5.74) is -0.0768. The highest BCUT2D eigenvalue weighted by molar-refractivity contribution is 6.33. The zero-order valence-electron chi connectivity index (χ0n) is 17.8. The van der Waals surface area contributed by atoms with Gasteiger partial charge in [0.2, 0.25) is 11.7 Å². The number of carbonyl (C=O) groups is 4. The molecule has 2 aliphatic carbocycles. The van der Waals surface area contributed by atoms with Gasteiger partial charge in [-0.25, -0.2) is 0 Å². The number of ether oxygens (including phenoxy) is 1. The van der Waals surface area contributed by atoms with Gasteiger partial charge in [0.15, 0.2) is 11.3 Å². The monoisotopic (exact) mass is 409 g/mol. The first kappa shape index (κ1) is 21.7. The van der Waals surface area contributed by atoms with E-state index in [-0.39, 0.29) is 30.1 Å². The lowest BCUT2D eigenvalue weighted by atomic mass is 9.81. The molecular weight excluding hydrogens is 382 g/mol. The number of allylic oxidation sites excluding steroid dienone is 2. The molecule has 1 aromatic carbocycles. The van der Waals surface area contributed by atoms with Crippen molar-refractivity contribution in [3.05, 3.63) is 52.6 Å². The molecule has 1 N–H and O–H groups in total. The van der Waals surface area contributed by atoms with Crippen molar-refractivity contribution >= 4 is 23.4 Å². The van der Waals surface area contributed by atoms with E-state index in [1.54, 1.807) is 38.1 Å². The fourth-order valence-electron chi connectivity index (χ4n) is 3.85. The van der Waals surface area contributed by atoms with Gasteiger partial charge in [-0.2, -0.15) is 0 Å². The van der Waals surface area contributed by atoms with Gasteiger partial charge in [-0.15, -0.1) is 0 Å². The first-order valence-electron chi connectivity index (χ1n) is 10.4. The Balaban J connectivity index is 2.24. The van der Waals surface area contributed by atoms with Crippen LogP contribution in [0.25, 0.3) is 0 Å². The molecule has 30 heavy (non-hydrogen) atoms. The van der Waals surface area contributed by atoms with Gasteiger partial charge in [0.25, 0.3) is 0 Å². The van der Waals surface area contributed by atoms with Crippen LogP contribution in [-0.4, -0.2) is 23.4 Å². The van der Waals surface area contributed by atoms with Crippen LogP contribution in [0.1, 0.15) is 70.4 Å². The molecule has 1 amide bonds. The third kappa shape index (κ3) is 3.51. The molecule has 1 unspecified atom stereocenters. The Hall–Kier alpha value is -3.02. The Bertz CT molecular complexity index is 985. The highest BCUT2D eigenvalue weighted by atomic mass is 16.5. The number of Topliss-reactive ketones (excluding diaryl/α,β-unsaturated/α-hetero) is 2. The number of amides is 1. The molecule has 0 saturated carbocycles. The second-order valence-corrected chi connectivity index (χ2v) is 7.88. The highest BCUT2D eigenvalue weighted by Gasteiger charge is 2.57. The summed E-state index contributed by atoms with van der Waals surface area (Å²) < 4.78 is 5.56. The van der Waals surface area contributed by atoms with Gasteiger partial charge < -0.3 is 10.1 Å². The molecule has 3 rings (SSSR count). The molecule has 0 radical (unpaired) electrons. The number of rotatable bonds is 6. The minimum Gasteiger partial charge on any atom is -0.426 e. The van der Waals surface area contributed by atoms with Crippen LogP contribution >= 0.6 is 0 Å². The zero-order valence-corrected chi connectivity index (χ0v) is 17.8. The summed E-state index contributed by atoms with van der Waals surface area (Å²) in [7, 11) is 0. The molecule has 0 aliphatic heterocycles. The molecule has 0 fully saturated rings. The minimum absolute atomic E-state index is 0.108. The van der Waals surface area contributed by atoms with Crippen molar-refractivity contribution < 1.29 is 23.9 Å². The van der Waals surface area contributed by atoms with Gasteiger partial charge in [0.05, 0.1) is 0 Å². The average molecular weight is 409 g/mol. The number of hydrogen-bond donors (Lipinski definition) is 1. The first-order valence-corrected chi connectivity index (χ1v) is 10.4. The number of hydrogen-bond acceptors (Lipinski definition) is 5. The number of nitrogens with one attached hydrogen (secondary N) is 1. The SMILES string of the molecule is CCC(=O)NC1(c2ccc(C(C)C)cc2OC(=O)CC)C(=O)C2=C(CCC=C2)C1=O. The number of carbonyl (C=O) groups excluding carboxylic acids is 4. The average Bonchev–Trinajstić information content (AvgIpc) is 2.96. The summed E-state index contributed by atoms with van der Waals surface area (Å²) in [4.78, 5) is 51.7. The van der Waals surface area contributed by atoms with Crippen LogP contribution in [0.4, 0.5) is 0 Å². The quantitative estimate of drug-likeness (QED) is 0.440. The molecule has 0 bridgehead atoms. The van der Waals surface area contributed by atoms with Gasteiger partial charge in [-0.3, -0.25) is 19.2 Å². The number of ketones is 2. The van der Waals surface area contributed by atoms with E-state index in [0.29, 0.717) is 24.0 Å². The van der Waals surface area contributed by atoms with Gasteiger partial charge in [-0.1, -0.05) is 52.0 Å². The summed E-state index contributed by atoms with van der Waals surface area (Å²) in [5.74, 6) is -1.56. The lowest BCUT2D eigenvalue weighted by molar-refractivity contribution is -0.137. The molecule has 1 atom stereocenters. The van der Waals surface area contributed by atoms with Crippen molar-refractivity contribution in [2.75, 3.05) is 0 Å². The summed E-state index contributed by atoms with van der Waals surface area (Å²) in [6.45, 7) is 7.30. The van der Waals surface area contributed by atoms with E-state index in [1.165, 1.54) is 0 Å². The Labute approximate surface area is 176 Å². The van der Waals surface area contributed by atoms with Gasteiger partial charge in [0, 0.05) is 29.6 Å². The van der Waals surface area contributed by atoms with E-state index in [9.17, 15) is 19.2 Å². The van der Waals surface area contributed by atoms with E-state index in [0.717, 1.165) is 5.56 Å². The lowest BCUT2D eigenvalue weighted by Crippen LogP contribution is -2.55. The molecule has 0 spiro atoms. The van der Waals surface area contributed by atoms with Gasteiger partial charge >= 0.3 is 5.97 Å². The fraction of sp³-hybridized carbons (Fsp3) is 0.417. The molecule has 0 aromatic heterocycles. The van der Waals surface area contributed by atoms with Crippen molar-refractivity contribution in [3.63, 3.8) is 0 Å². The van der Waals surface area contributed by atoms with Crippen LogP contribution in [0.2, 0.25) is 0 Å². The maximum absolute atomic E-state index is 13.6. The highest BCUT2D eigenvalue weighted by Crippen LogP contribution is 2.44. The largest absolute Gasteiger partial charge is 0.426 e. The molecule has 6 nitrogen and oxygen atoms in total. The van der Waals surface area contributed by atoms with Crippen molar-refractivity contribution in [3.8, 4) is 5.75 Å². The molecule has 6 heteroatoms. The second kappa shape index (κ2) is 8.38. The molecule has 0 saturated heterocycles. The lowest BCUT2D eigenvalue weighted by Gasteiger charge is -2.30. The van der Waals surface area contributed by atoms with Crippen LogP contribution in [-0.2, 0) is 24.7 Å². The van der Waals surface area contributed by atoms with Crippen LogP contribution in [0.3, 0.4) is 0 Å². The Morgan fingerprint density at radius 3 is 2.47 bits per heavy atom. The van der Waals surface area contributed by atoms with Crippen LogP contribution < -0.4 is 10.1 Å². The predicted octanol–water partition coefficient (Wildman–Crippen LogP) is 3.65. The topological polar surface area (TPSA) is 89.5 Å². The molecule has 1 aromatic rings. The summed E-state index contributed by atoms with van der Waals surface area (Å²) >= 11 is 0. The first-order chi connectivity index (χ1) is 14.3.